The zero-order valence-corrected chi connectivity index (χ0v) is 23.7. The number of primary amides is 1. The van der Waals surface area contributed by atoms with Gasteiger partial charge in [-0.2, -0.15) is 13.2 Å². The molecule has 1 aromatic heterocycles. The molecule has 1 aromatic rings. The van der Waals surface area contributed by atoms with Gasteiger partial charge < -0.3 is 15.4 Å². The van der Waals surface area contributed by atoms with Crippen molar-refractivity contribution >= 4 is 23.1 Å². The summed E-state index contributed by atoms with van der Waals surface area (Å²) in [5, 5.41) is 2.82. The van der Waals surface area contributed by atoms with Crippen molar-refractivity contribution < 1.29 is 22.7 Å². The molecule has 0 aromatic carbocycles. The number of amides is 1. The van der Waals surface area contributed by atoms with Gasteiger partial charge >= 0.3 is 6.18 Å². The van der Waals surface area contributed by atoms with Crippen LogP contribution in [0, 0.1) is 38.5 Å². The maximum atomic E-state index is 12.3. The fourth-order valence-electron chi connectivity index (χ4n) is 4.86. The highest BCUT2D eigenvalue weighted by Gasteiger charge is 2.30. The first-order valence-corrected chi connectivity index (χ1v) is 14.1. The van der Waals surface area contributed by atoms with E-state index in [9.17, 15) is 18.0 Å². The average molecular weight is 567 g/mol. The van der Waals surface area contributed by atoms with Crippen molar-refractivity contribution in [2.75, 3.05) is 26.2 Å². The second-order valence-corrected chi connectivity index (χ2v) is 10.7. The standard InChI is InChI=1S/C19H29F3N2O.C6H8N2OS.2C2H2/c20-19(21,22)14-25-18-7-6-16-9-12-24(13-10-17(16)23-18)11-8-15-4-2-1-3-5-15;1-4-8-5(3-10-4)2-6(7)9;2*1-2/h15H,1-14H2;3H,2H2,1H3,(H2,7,9);2*1-2H. The number of hydrogen-bond acceptors (Lipinski definition) is 6. The molecular weight excluding hydrogens is 525 g/mol. The van der Waals surface area contributed by atoms with E-state index < -0.39 is 12.8 Å². The van der Waals surface area contributed by atoms with Gasteiger partial charge in [0.15, 0.2) is 12.5 Å². The maximum absolute atomic E-state index is 12.3. The minimum absolute atomic E-state index is 0.254. The second-order valence-electron chi connectivity index (χ2n) is 9.59. The third-order valence-corrected chi connectivity index (χ3v) is 7.53. The number of alkyl halides is 3. The van der Waals surface area contributed by atoms with Crippen LogP contribution in [-0.2, 0) is 16.0 Å². The average Bonchev–Trinajstić information content (AvgIpc) is 3.22. The van der Waals surface area contributed by atoms with E-state index in [1.807, 2.05) is 12.3 Å². The largest absolute Gasteiger partial charge is 0.471 e. The summed E-state index contributed by atoms with van der Waals surface area (Å²) in [5.41, 5.74) is 8.03. The Morgan fingerprint density at radius 2 is 1.77 bits per heavy atom. The molecule has 0 bridgehead atoms. The summed E-state index contributed by atoms with van der Waals surface area (Å²) in [7, 11) is 0. The number of nitrogens with zero attached hydrogens (tertiary/aromatic N) is 3. The van der Waals surface area contributed by atoms with Crippen LogP contribution in [0.3, 0.4) is 0 Å². The van der Waals surface area contributed by atoms with Crippen LogP contribution in [0.15, 0.2) is 21.6 Å². The van der Waals surface area contributed by atoms with E-state index in [-0.39, 0.29) is 18.2 Å². The number of terminal acetylenes is 2. The van der Waals surface area contributed by atoms with Crippen molar-refractivity contribution in [1.82, 2.24) is 9.88 Å². The van der Waals surface area contributed by atoms with Crippen LogP contribution in [0.1, 0.15) is 74.9 Å². The quantitative estimate of drug-likeness (QED) is 0.425. The fourth-order valence-corrected chi connectivity index (χ4v) is 5.47. The molecule has 0 atom stereocenters. The molecule has 4 rings (SSSR count). The van der Waals surface area contributed by atoms with Gasteiger partial charge in [0, 0.05) is 37.0 Å². The predicted molar refractivity (Wildman–Crippen MR) is 152 cm³/mol. The van der Waals surface area contributed by atoms with Gasteiger partial charge in [-0.05, 0) is 44.2 Å². The summed E-state index contributed by atoms with van der Waals surface area (Å²) < 4.78 is 41.8. The Balaban J connectivity index is 0.000000454. The Morgan fingerprint density at radius 1 is 1.10 bits per heavy atom. The maximum Gasteiger partial charge on any atom is 0.422 e. The molecule has 2 aliphatic heterocycles. The van der Waals surface area contributed by atoms with E-state index in [0.717, 1.165) is 61.2 Å². The molecule has 1 saturated carbocycles. The van der Waals surface area contributed by atoms with E-state index in [2.05, 4.69) is 40.6 Å². The summed E-state index contributed by atoms with van der Waals surface area (Å²) in [6, 6.07) is 0. The summed E-state index contributed by atoms with van der Waals surface area (Å²) in [4.78, 5) is 21.3. The van der Waals surface area contributed by atoms with E-state index in [4.69, 9.17) is 10.5 Å². The lowest BCUT2D eigenvalue weighted by molar-refractivity contribution is -0.156. The molecule has 6 nitrogen and oxygen atoms in total. The Labute approximate surface area is 235 Å². The van der Waals surface area contributed by atoms with Gasteiger partial charge in [0.25, 0.3) is 0 Å². The molecule has 1 aliphatic carbocycles. The van der Waals surface area contributed by atoms with Crippen molar-refractivity contribution in [3.63, 3.8) is 0 Å². The molecule has 2 N–H and O–H groups in total. The first kappa shape index (κ1) is 34.2. The lowest BCUT2D eigenvalue weighted by Crippen LogP contribution is -2.28. The van der Waals surface area contributed by atoms with E-state index in [1.54, 1.807) is 0 Å². The molecule has 39 heavy (non-hydrogen) atoms. The third-order valence-electron chi connectivity index (χ3n) is 6.71. The van der Waals surface area contributed by atoms with Crippen LogP contribution in [0.5, 0.6) is 0 Å². The van der Waals surface area contributed by atoms with Crippen LogP contribution in [0.2, 0.25) is 0 Å². The topological polar surface area (TPSA) is 80.8 Å². The first-order chi connectivity index (χ1) is 18.7. The van der Waals surface area contributed by atoms with Crippen molar-refractivity contribution in [2.24, 2.45) is 16.6 Å². The van der Waals surface area contributed by atoms with Crippen LogP contribution in [0.4, 0.5) is 13.2 Å². The number of carbonyl (C=O) groups is 1. The SMILES string of the molecule is C#C.C#C.Cc1nc(CC(N)=O)cs1.FC(F)(F)COC1=NC2=C(CC1)CCN(CCC1CCCCC1)CC2. The Hall–Kier alpha value is -2.82. The Morgan fingerprint density at radius 3 is 2.36 bits per heavy atom. The minimum atomic E-state index is -4.30. The van der Waals surface area contributed by atoms with Crippen molar-refractivity contribution in [1.29, 1.82) is 0 Å². The van der Waals surface area contributed by atoms with Gasteiger partial charge in [0.1, 0.15) is 0 Å². The summed E-state index contributed by atoms with van der Waals surface area (Å²) in [6.45, 7) is 3.82. The number of aromatic nitrogens is 1. The number of aliphatic imine (C=N–C) groups is 1. The second kappa shape index (κ2) is 18.5. The van der Waals surface area contributed by atoms with Gasteiger partial charge in [-0.15, -0.1) is 37.0 Å². The minimum Gasteiger partial charge on any atom is -0.471 e. The Bertz CT molecular complexity index is 970. The molecule has 3 aliphatic rings. The molecule has 0 radical (unpaired) electrons. The molecule has 0 unspecified atom stereocenters. The number of rotatable bonds is 6. The summed E-state index contributed by atoms with van der Waals surface area (Å²) >= 11 is 1.53. The van der Waals surface area contributed by atoms with Crippen molar-refractivity contribution in [3.8, 4) is 25.7 Å². The molecule has 1 amide bonds. The molecule has 10 heteroatoms. The number of thiazole rings is 1. The van der Waals surface area contributed by atoms with Crippen LogP contribution in [-0.4, -0.2) is 54.1 Å². The van der Waals surface area contributed by atoms with Crippen molar-refractivity contribution in [2.45, 2.75) is 83.7 Å². The fraction of sp³-hybridized carbons (Fsp3) is 0.621. The van der Waals surface area contributed by atoms with E-state index >= 15 is 0 Å². The number of ether oxygens (including phenoxy) is 1. The normalized spacial score (nSPS) is 17.9. The first-order valence-electron chi connectivity index (χ1n) is 13.2. The van der Waals surface area contributed by atoms with E-state index in [0.29, 0.717) is 6.42 Å². The number of aryl methyl sites for hydroxylation is 1. The monoisotopic (exact) mass is 566 g/mol. The number of carbonyl (C=O) groups excluding carboxylic acids is 1. The molecule has 3 heterocycles. The highest BCUT2D eigenvalue weighted by molar-refractivity contribution is 7.09. The molecule has 216 valence electrons. The number of hydrogen-bond donors (Lipinski definition) is 1. The van der Waals surface area contributed by atoms with Gasteiger partial charge in [-0.25, -0.2) is 9.98 Å². The number of halogens is 3. The highest BCUT2D eigenvalue weighted by atomic mass is 32.1. The van der Waals surface area contributed by atoms with E-state index in [1.165, 1.54) is 55.4 Å². The molecule has 0 saturated heterocycles. The predicted octanol–water partition coefficient (Wildman–Crippen LogP) is 6.06. The lowest BCUT2D eigenvalue weighted by Gasteiger charge is -2.26. The molecule has 1 fully saturated rings. The van der Waals surface area contributed by atoms with Gasteiger partial charge in [-0.1, -0.05) is 32.1 Å². The summed E-state index contributed by atoms with van der Waals surface area (Å²) in [5.74, 6) is 0.817. The molecular formula is C29H41F3N4O2S. The molecule has 0 spiro atoms. The van der Waals surface area contributed by atoms with Gasteiger partial charge in [0.2, 0.25) is 5.91 Å². The lowest BCUT2D eigenvalue weighted by atomic mass is 9.87. The zero-order chi connectivity index (χ0) is 29.3. The van der Waals surface area contributed by atoms with Gasteiger partial charge in [-0.3, -0.25) is 4.79 Å². The van der Waals surface area contributed by atoms with Crippen LogP contribution < -0.4 is 5.73 Å². The smallest absolute Gasteiger partial charge is 0.422 e. The third kappa shape index (κ3) is 14.2. The van der Waals surface area contributed by atoms with Crippen LogP contribution in [0.25, 0.3) is 0 Å². The highest BCUT2D eigenvalue weighted by Crippen LogP contribution is 2.30. The van der Waals surface area contributed by atoms with Gasteiger partial charge in [0.05, 0.1) is 17.1 Å². The number of nitrogens with two attached hydrogens (primary N) is 1. The zero-order valence-electron chi connectivity index (χ0n) is 22.8. The Kier molecular flexibility index (Phi) is 16.2. The van der Waals surface area contributed by atoms with Crippen molar-refractivity contribution in [3.05, 3.63) is 27.4 Å². The summed E-state index contributed by atoms with van der Waals surface area (Å²) in [6.07, 6.45) is 23.3. The van der Waals surface area contributed by atoms with Crippen LogP contribution >= 0.6 is 11.3 Å².